The molecule has 1 fully saturated rings. The molecule has 3 N–H and O–H groups in total. The van der Waals surface area contributed by atoms with Crippen LogP contribution < -0.4 is 11.1 Å². The molecular weight excluding hydrogens is 200 g/mol. The summed E-state index contributed by atoms with van der Waals surface area (Å²) in [6.07, 6.45) is 1.14. The fourth-order valence-corrected chi connectivity index (χ4v) is 2.12. The fourth-order valence-electron chi connectivity index (χ4n) is 2.12. The SMILES string of the molecule is Cc1ccc(NC(C)C2CCOC2)c(N)c1. The van der Waals surface area contributed by atoms with Crippen molar-refractivity contribution in [3.05, 3.63) is 23.8 Å². The average Bonchev–Trinajstić information content (AvgIpc) is 2.75. The van der Waals surface area contributed by atoms with E-state index in [0.29, 0.717) is 12.0 Å². The van der Waals surface area contributed by atoms with Gasteiger partial charge >= 0.3 is 0 Å². The van der Waals surface area contributed by atoms with Crippen molar-refractivity contribution < 1.29 is 4.74 Å². The minimum absolute atomic E-state index is 0.410. The second kappa shape index (κ2) is 4.74. The molecule has 2 rings (SSSR count). The van der Waals surface area contributed by atoms with E-state index >= 15 is 0 Å². The summed E-state index contributed by atoms with van der Waals surface area (Å²) in [5.41, 5.74) is 9.03. The zero-order valence-electron chi connectivity index (χ0n) is 9.99. The van der Waals surface area contributed by atoms with Gasteiger partial charge in [0.05, 0.1) is 18.0 Å². The van der Waals surface area contributed by atoms with Crippen LogP contribution in [0, 0.1) is 12.8 Å². The monoisotopic (exact) mass is 220 g/mol. The Bertz CT molecular complexity index is 359. The maximum Gasteiger partial charge on any atom is 0.0576 e. The van der Waals surface area contributed by atoms with Crippen LogP contribution in [0.5, 0.6) is 0 Å². The normalized spacial score (nSPS) is 22.0. The Labute approximate surface area is 97.0 Å². The molecule has 0 radical (unpaired) electrons. The van der Waals surface area contributed by atoms with Crippen LogP contribution in [0.15, 0.2) is 18.2 Å². The van der Waals surface area contributed by atoms with Crippen molar-refractivity contribution in [3.63, 3.8) is 0 Å². The molecule has 1 aromatic rings. The number of hydrogen-bond donors (Lipinski definition) is 2. The Balaban J connectivity index is 2.02. The number of ether oxygens (including phenoxy) is 1. The molecule has 0 aliphatic carbocycles. The minimum atomic E-state index is 0.410. The van der Waals surface area contributed by atoms with Crippen LogP contribution in [0.3, 0.4) is 0 Å². The molecular formula is C13H20N2O. The zero-order chi connectivity index (χ0) is 11.5. The van der Waals surface area contributed by atoms with E-state index in [1.165, 1.54) is 5.56 Å². The van der Waals surface area contributed by atoms with Gasteiger partial charge in [0.15, 0.2) is 0 Å². The van der Waals surface area contributed by atoms with Gasteiger partial charge in [-0.15, -0.1) is 0 Å². The van der Waals surface area contributed by atoms with Gasteiger partial charge in [-0.05, 0) is 38.0 Å². The smallest absolute Gasteiger partial charge is 0.0576 e. The van der Waals surface area contributed by atoms with E-state index in [2.05, 4.69) is 24.4 Å². The topological polar surface area (TPSA) is 47.3 Å². The molecule has 1 aliphatic rings. The van der Waals surface area contributed by atoms with Crippen molar-refractivity contribution in [1.29, 1.82) is 0 Å². The number of nitrogen functional groups attached to an aromatic ring is 1. The summed E-state index contributed by atoms with van der Waals surface area (Å²) >= 11 is 0. The Morgan fingerprint density at radius 2 is 2.31 bits per heavy atom. The maximum absolute atomic E-state index is 5.97. The first-order chi connectivity index (χ1) is 7.66. The average molecular weight is 220 g/mol. The summed E-state index contributed by atoms with van der Waals surface area (Å²) in [6, 6.07) is 6.54. The Kier molecular flexibility index (Phi) is 3.34. The molecule has 0 aromatic heterocycles. The summed E-state index contributed by atoms with van der Waals surface area (Å²) in [6.45, 7) is 5.99. The molecule has 88 valence electrons. The number of benzene rings is 1. The van der Waals surface area contributed by atoms with Gasteiger partial charge in [-0.2, -0.15) is 0 Å². The molecule has 1 heterocycles. The van der Waals surface area contributed by atoms with E-state index in [-0.39, 0.29) is 0 Å². The maximum atomic E-state index is 5.97. The van der Waals surface area contributed by atoms with Crippen molar-refractivity contribution in [2.45, 2.75) is 26.3 Å². The fraction of sp³-hybridized carbons (Fsp3) is 0.538. The van der Waals surface area contributed by atoms with Crippen LogP contribution in [0.25, 0.3) is 0 Å². The first kappa shape index (κ1) is 11.3. The molecule has 1 saturated heterocycles. The Morgan fingerprint density at radius 1 is 1.50 bits per heavy atom. The Hall–Kier alpha value is -1.22. The van der Waals surface area contributed by atoms with E-state index in [1.807, 2.05) is 13.0 Å². The second-order valence-corrected chi connectivity index (χ2v) is 4.65. The van der Waals surface area contributed by atoms with Gasteiger partial charge in [0.25, 0.3) is 0 Å². The molecule has 0 spiro atoms. The number of aryl methyl sites for hydroxylation is 1. The van der Waals surface area contributed by atoms with Crippen LogP contribution in [-0.4, -0.2) is 19.3 Å². The van der Waals surface area contributed by atoms with Crippen molar-refractivity contribution in [3.8, 4) is 0 Å². The van der Waals surface area contributed by atoms with E-state index in [9.17, 15) is 0 Å². The van der Waals surface area contributed by atoms with Crippen molar-refractivity contribution in [2.75, 3.05) is 24.3 Å². The van der Waals surface area contributed by atoms with Gasteiger partial charge in [0.2, 0.25) is 0 Å². The summed E-state index contributed by atoms with van der Waals surface area (Å²) in [7, 11) is 0. The lowest BCUT2D eigenvalue weighted by Gasteiger charge is -2.21. The van der Waals surface area contributed by atoms with Crippen LogP contribution in [0.1, 0.15) is 18.9 Å². The molecule has 0 saturated carbocycles. The highest BCUT2D eigenvalue weighted by molar-refractivity contribution is 5.67. The number of anilines is 2. The second-order valence-electron chi connectivity index (χ2n) is 4.65. The number of hydrogen-bond acceptors (Lipinski definition) is 3. The van der Waals surface area contributed by atoms with Crippen LogP contribution in [0.4, 0.5) is 11.4 Å². The standard InChI is InChI=1S/C13H20N2O/c1-9-3-4-13(12(14)7-9)15-10(2)11-5-6-16-8-11/h3-4,7,10-11,15H,5-6,8,14H2,1-2H3. The molecule has 2 unspecified atom stereocenters. The third kappa shape index (κ3) is 2.47. The summed E-state index contributed by atoms with van der Waals surface area (Å²) in [5.74, 6) is 0.598. The first-order valence-electron chi connectivity index (χ1n) is 5.87. The van der Waals surface area contributed by atoms with Gasteiger partial charge in [-0.25, -0.2) is 0 Å². The quantitative estimate of drug-likeness (QED) is 0.769. The zero-order valence-corrected chi connectivity index (χ0v) is 9.99. The predicted octanol–water partition coefficient (Wildman–Crippen LogP) is 2.41. The highest BCUT2D eigenvalue weighted by Crippen LogP contribution is 2.24. The molecule has 1 aliphatic heterocycles. The van der Waals surface area contributed by atoms with Crippen LogP contribution in [-0.2, 0) is 4.74 Å². The van der Waals surface area contributed by atoms with Crippen molar-refractivity contribution in [1.82, 2.24) is 0 Å². The van der Waals surface area contributed by atoms with Gasteiger partial charge in [-0.3, -0.25) is 0 Å². The molecule has 0 bridgehead atoms. The van der Waals surface area contributed by atoms with E-state index < -0.39 is 0 Å². The minimum Gasteiger partial charge on any atom is -0.397 e. The van der Waals surface area contributed by atoms with Gasteiger partial charge < -0.3 is 15.8 Å². The van der Waals surface area contributed by atoms with Crippen molar-refractivity contribution in [2.24, 2.45) is 5.92 Å². The highest BCUT2D eigenvalue weighted by Gasteiger charge is 2.22. The Morgan fingerprint density at radius 3 is 2.94 bits per heavy atom. The molecule has 3 nitrogen and oxygen atoms in total. The molecule has 1 aromatic carbocycles. The van der Waals surface area contributed by atoms with Crippen molar-refractivity contribution >= 4 is 11.4 Å². The van der Waals surface area contributed by atoms with E-state index in [1.54, 1.807) is 0 Å². The summed E-state index contributed by atoms with van der Waals surface area (Å²) in [4.78, 5) is 0. The first-order valence-corrected chi connectivity index (χ1v) is 5.87. The third-order valence-corrected chi connectivity index (χ3v) is 3.26. The number of nitrogens with two attached hydrogens (primary N) is 1. The molecule has 2 atom stereocenters. The largest absolute Gasteiger partial charge is 0.397 e. The van der Waals surface area contributed by atoms with Crippen LogP contribution in [0.2, 0.25) is 0 Å². The molecule has 3 heteroatoms. The van der Waals surface area contributed by atoms with E-state index in [0.717, 1.165) is 31.0 Å². The third-order valence-electron chi connectivity index (χ3n) is 3.26. The van der Waals surface area contributed by atoms with Gasteiger partial charge in [0, 0.05) is 18.6 Å². The lowest BCUT2D eigenvalue weighted by molar-refractivity contribution is 0.183. The number of rotatable bonds is 3. The summed E-state index contributed by atoms with van der Waals surface area (Å²) < 4.78 is 5.39. The lowest BCUT2D eigenvalue weighted by atomic mass is 10.0. The highest BCUT2D eigenvalue weighted by atomic mass is 16.5. The summed E-state index contributed by atoms with van der Waals surface area (Å²) in [5, 5.41) is 3.47. The van der Waals surface area contributed by atoms with Gasteiger partial charge in [-0.1, -0.05) is 6.07 Å². The number of nitrogens with one attached hydrogen (secondary N) is 1. The molecule has 0 amide bonds. The predicted molar refractivity (Wildman–Crippen MR) is 67.6 cm³/mol. The molecule has 16 heavy (non-hydrogen) atoms. The van der Waals surface area contributed by atoms with E-state index in [4.69, 9.17) is 10.5 Å². The van der Waals surface area contributed by atoms with Gasteiger partial charge in [0.1, 0.15) is 0 Å². The lowest BCUT2D eigenvalue weighted by Crippen LogP contribution is -2.26. The van der Waals surface area contributed by atoms with Crippen LogP contribution >= 0.6 is 0 Å².